The number of hydrogen-bond acceptors (Lipinski definition) is 3. The molecule has 0 aliphatic heterocycles. The van der Waals surface area contributed by atoms with Gasteiger partial charge in [0.15, 0.2) is 5.82 Å². The number of anilines is 2. The molecule has 0 unspecified atom stereocenters. The summed E-state index contributed by atoms with van der Waals surface area (Å²) in [5.74, 6) is 0.781. The summed E-state index contributed by atoms with van der Waals surface area (Å²) in [6.07, 6.45) is 3.63. The molecule has 4 aromatic rings. The van der Waals surface area contributed by atoms with E-state index in [1.165, 1.54) is 0 Å². The van der Waals surface area contributed by atoms with Crippen molar-refractivity contribution in [1.29, 1.82) is 0 Å². The minimum Gasteiger partial charge on any atom is -0.338 e. The lowest BCUT2D eigenvalue weighted by atomic mass is 10.2. The number of aromatic nitrogens is 3. The molecular weight excluding hydrogens is 420 g/mol. The van der Waals surface area contributed by atoms with Crippen molar-refractivity contribution < 1.29 is 0 Å². The van der Waals surface area contributed by atoms with Crippen LogP contribution in [0.25, 0.3) is 16.6 Å². The third-order valence-electron chi connectivity index (χ3n) is 3.80. The summed E-state index contributed by atoms with van der Waals surface area (Å²) < 4.78 is 4.13. The van der Waals surface area contributed by atoms with Crippen LogP contribution in [-0.2, 0) is 0 Å². The summed E-state index contributed by atoms with van der Waals surface area (Å²) in [5.41, 5.74) is 5.02. The summed E-state index contributed by atoms with van der Waals surface area (Å²) in [7, 11) is 0. The molecule has 23 heavy (non-hydrogen) atoms. The monoisotopic (exact) mass is 430 g/mol. The van der Waals surface area contributed by atoms with Crippen molar-refractivity contribution in [2.45, 2.75) is 6.92 Å². The minimum atomic E-state index is 0.781. The lowest BCUT2D eigenvalue weighted by Crippen LogP contribution is -1.99. The summed E-state index contributed by atoms with van der Waals surface area (Å²) >= 11 is 7.17. The molecule has 2 aromatic heterocycles. The summed E-state index contributed by atoms with van der Waals surface area (Å²) in [4.78, 5) is 9.02. The molecule has 114 valence electrons. The number of nitrogens with zero attached hydrogens (tertiary/aromatic N) is 3. The standard InChI is InChI=1S/C17H12Br2N4/c1-10-12(18)6-11(7-13(10)19)21-17-16-8-20-9-23(16)15-5-3-2-4-14(15)22-17/h2-9H,1H3,(H,21,22). The van der Waals surface area contributed by atoms with Crippen molar-refractivity contribution in [3.8, 4) is 0 Å². The van der Waals surface area contributed by atoms with Crippen LogP contribution in [0.4, 0.5) is 11.5 Å². The van der Waals surface area contributed by atoms with Crippen LogP contribution in [-0.4, -0.2) is 14.4 Å². The van der Waals surface area contributed by atoms with Gasteiger partial charge >= 0.3 is 0 Å². The highest BCUT2D eigenvalue weighted by molar-refractivity contribution is 9.11. The molecule has 0 amide bonds. The first-order chi connectivity index (χ1) is 11.1. The number of halogens is 2. The van der Waals surface area contributed by atoms with Crippen molar-refractivity contribution in [3.63, 3.8) is 0 Å². The van der Waals surface area contributed by atoms with Crippen LogP contribution < -0.4 is 5.32 Å². The molecule has 6 heteroatoms. The fraction of sp³-hybridized carbons (Fsp3) is 0.0588. The van der Waals surface area contributed by atoms with Crippen LogP contribution >= 0.6 is 31.9 Å². The molecule has 2 heterocycles. The van der Waals surface area contributed by atoms with E-state index >= 15 is 0 Å². The summed E-state index contributed by atoms with van der Waals surface area (Å²) in [5, 5.41) is 3.40. The maximum Gasteiger partial charge on any atom is 0.157 e. The van der Waals surface area contributed by atoms with Gasteiger partial charge in [-0.2, -0.15) is 0 Å². The van der Waals surface area contributed by atoms with Crippen molar-refractivity contribution in [2.75, 3.05) is 5.32 Å². The quantitative estimate of drug-likeness (QED) is 0.458. The third-order valence-corrected chi connectivity index (χ3v) is 5.45. The average Bonchev–Trinajstić information content (AvgIpc) is 3.03. The average molecular weight is 432 g/mol. The highest BCUT2D eigenvalue weighted by Crippen LogP contribution is 2.31. The normalized spacial score (nSPS) is 11.3. The highest BCUT2D eigenvalue weighted by Gasteiger charge is 2.10. The molecule has 0 aliphatic carbocycles. The molecule has 0 fully saturated rings. The van der Waals surface area contributed by atoms with Crippen LogP contribution in [0.2, 0.25) is 0 Å². The molecule has 0 saturated carbocycles. The van der Waals surface area contributed by atoms with Gasteiger partial charge in [0.25, 0.3) is 0 Å². The first kappa shape index (κ1) is 14.7. The third kappa shape index (κ3) is 2.52. The molecule has 2 aromatic carbocycles. The van der Waals surface area contributed by atoms with Gasteiger partial charge in [0, 0.05) is 14.6 Å². The Morgan fingerprint density at radius 1 is 1.04 bits per heavy atom. The molecule has 4 rings (SSSR count). The Morgan fingerprint density at radius 2 is 1.78 bits per heavy atom. The second-order valence-electron chi connectivity index (χ2n) is 5.29. The highest BCUT2D eigenvalue weighted by atomic mass is 79.9. The predicted octanol–water partition coefficient (Wildman–Crippen LogP) is 5.46. The number of imidazole rings is 1. The Balaban J connectivity index is 1.89. The lowest BCUT2D eigenvalue weighted by Gasteiger charge is -2.12. The second kappa shape index (κ2) is 5.62. The Morgan fingerprint density at radius 3 is 2.57 bits per heavy atom. The molecule has 0 atom stereocenters. The van der Waals surface area contributed by atoms with Crippen molar-refractivity contribution in [3.05, 3.63) is 63.4 Å². The fourth-order valence-corrected chi connectivity index (χ4v) is 3.73. The molecular formula is C17H12Br2N4. The summed E-state index contributed by atoms with van der Waals surface area (Å²) in [6.45, 7) is 2.06. The predicted molar refractivity (Wildman–Crippen MR) is 100 cm³/mol. The Labute approximate surface area is 149 Å². The number of nitrogens with one attached hydrogen (secondary N) is 1. The fourth-order valence-electron chi connectivity index (χ4n) is 2.55. The Hall–Kier alpha value is -1.92. The molecule has 0 bridgehead atoms. The topological polar surface area (TPSA) is 42.2 Å². The molecule has 0 aliphatic rings. The van der Waals surface area contributed by atoms with Crippen LogP contribution in [0.3, 0.4) is 0 Å². The Kier molecular flexibility index (Phi) is 3.58. The van der Waals surface area contributed by atoms with Crippen LogP contribution in [0, 0.1) is 6.92 Å². The zero-order valence-electron chi connectivity index (χ0n) is 12.2. The molecule has 1 N–H and O–H groups in total. The largest absolute Gasteiger partial charge is 0.338 e. The van der Waals surface area contributed by atoms with Gasteiger partial charge in [-0.15, -0.1) is 0 Å². The van der Waals surface area contributed by atoms with Gasteiger partial charge in [-0.3, -0.25) is 4.40 Å². The van der Waals surface area contributed by atoms with E-state index in [-0.39, 0.29) is 0 Å². The van der Waals surface area contributed by atoms with Gasteiger partial charge in [0.1, 0.15) is 5.52 Å². The maximum absolute atomic E-state index is 4.75. The molecule has 0 saturated heterocycles. The number of hydrogen-bond donors (Lipinski definition) is 1. The zero-order chi connectivity index (χ0) is 16.0. The summed E-state index contributed by atoms with van der Waals surface area (Å²) in [6, 6.07) is 12.1. The van der Waals surface area contributed by atoms with Gasteiger partial charge in [0.05, 0.1) is 23.6 Å². The van der Waals surface area contributed by atoms with E-state index in [1.54, 1.807) is 0 Å². The van der Waals surface area contributed by atoms with E-state index in [0.717, 1.165) is 42.6 Å². The molecule has 4 nitrogen and oxygen atoms in total. The van der Waals surface area contributed by atoms with Crippen LogP contribution in [0.15, 0.2) is 57.9 Å². The first-order valence-electron chi connectivity index (χ1n) is 7.07. The second-order valence-corrected chi connectivity index (χ2v) is 7.00. The molecule has 0 spiro atoms. The minimum absolute atomic E-state index is 0.781. The van der Waals surface area contributed by atoms with Crippen molar-refractivity contribution >= 4 is 59.9 Å². The zero-order valence-corrected chi connectivity index (χ0v) is 15.4. The SMILES string of the molecule is Cc1c(Br)cc(Nc2nc3ccccc3n3cncc23)cc1Br. The number of rotatable bonds is 2. The van der Waals surface area contributed by atoms with Crippen molar-refractivity contribution in [2.24, 2.45) is 0 Å². The number of para-hydroxylation sites is 2. The van der Waals surface area contributed by atoms with Crippen molar-refractivity contribution in [1.82, 2.24) is 14.4 Å². The van der Waals surface area contributed by atoms with E-state index in [1.807, 2.05) is 53.3 Å². The lowest BCUT2D eigenvalue weighted by molar-refractivity contribution is 1.19. The maximum atomic E-state index is 4.75. The van der Waals surface area contributed by atoms with Gasteiger partial charge in [-0.25, -0.2) is 9.97 Å². The van der Waals surface area contributed by atoms with E-state index in [9.17, 15) is 0 Å². The molecule has 0 radical (unpaired) electrons. The Bertz CT molecular complexity index is 1020. The van der Waals surface area contributed by atoms with Crippen LogP contribution in [0.1, 0.15) is 5.56 Å². The smallest absolute Gasteiger partial charge is 0.157 e. The number of fused-ring (bicyclic) bond motifs is 3. The van der Waals surface area contributed by atoms with Gasteiger partial charge in [0.2, 0.25) is 0 Å². The first-order valence-corrected chi connectivity index (χ1v) is 8.65. The van der Waals surface area contributed by atoms with E-state index in [2.05, 4.69) is 49.1 Å². The van der Waals surface area contributed by atoms with Crippen LogP contribution in [0.5, 0.6) is 0 Å². The van der Waals surface area contributed by atoms with E-state index in [4.69, 9.17) is 4.98 Å². The number of benzene rings is 2. The van der Waals surface area contributed by atoms with E-state index < -0.39 is 0 Å². The van der Waals surface area contributed by atoms with Gasteiger partial charge in [-0.1, -0.05) is 44.0 Å². The van der Waals surface area contributed by atoms with Gasteiger partial charge < -0.3 is 5.32 Å². The van der Waals surface area contributed by atoms with Gasteiger partial charge in [-0.05, 0) is 36.8 Å². The van der Waals surface area contributed by atoms with E-state index in [0.29, 0.717) is 0 Å².